The lowest BCUT2D eigenvalue weighted by atomic mass is 9.98. The summed E-state index contributed by atoms with van der Waals surface area (Å²) in [6.45, 7) is 1.79. The summed E-state index contributed by atoms with van der Waals surface area (Å²) in [6.07, 6.45) is 0.529. The molecule has 2 aliphatic rings. The van der Waals surface area contributed by atoms with Gasteiger partial charge in [-0.1, -0.05) is 18.2 Å². The van der Waals surface area contributed by atoms with Crippen LogP contribution in [0.4, 0.5) is 14.5 Å². The van der Waals surface area contributed by atoms with Gasteiger partial charge in [-0.15, -0.1) is 0 Å². The molecule has 10 heteroatoms. The molecule has 2 heterocycles. The van der Waals surface area contributed by atoms with Crippen LogP contribution in [0.15, 0.2) is 42.5 Å². The lowest BCUT2D eigenvalue weighted by molar-refractivity contribution is -0.129. The highest BCUT2D eigenvalue weighted by Crippen LogP contribution is 2.43. The Balaban J connectivity index is 1.53. The first-order valence-corrected chi connectivity index (χ1v) is 10.9. The van der Waals surface area contributed by atoms with Gasteiger partial charge in [0.15, 0.2) is 11.6 Å². The maximum absolute atomic E-state index is 13.7. The van der Waals surface area contributed by atoms with Gasteiger partial charge in [0, 0.05) is 26.4 Å². The Morgan fingerprint density at radius 1 is 1.12 bits per heavy atom. The maximum Gasteiger partial charge on any atom is 0.257 e. The van der Waals surface area contributed by atoms with E-state index in [1.165, 1.54) is 18.0 Å². The van der Waals surface area contributed by atoms with Gasteiger partial charge in [-0.2, -0.15) is 0 Å². The van der Waals surface area contributed by atoms with Crippen molar-refractivity contribution in [3.8, 4) is 0 Å². The van der Waals surface area contributed by atoms with Gasteiger partial charge in [0.25, 0.3) is 5.91 Å². The largest absolute Gasteiger partial charge is 0.357 e. The third-order valence-corrected chi connectivity index (χ3v) is 6.40. The molecule has 2 aromatic carbocycles. The van der Waals surface area contributed by atoms with Gasteiger partial charge in [0.1, 0.15) is 11.7 Å². The third kappa shape index (κ3) is 3.89. The standard InChI is InChI=1S/C24H24F2N4O4/c1-24-11-9-20(32)30(24)18-6-4-3-5-15(18)23(34)29(24)12-10-19(31)28-21(22(33)27-2)14-7-8-16(25)17(26)13-14/h3-8,13,21H,9-12H2,1-2H3,(H,27,33)(H,28,31). The molecule has 0 radical (unpaired) electrons. The van der Waals surface area contributed by atoms with E-state index in [1.807, 2.05) is 0 Å². The number of hydrogen-bond donors (Lipinski definition) is 2. The van der Waals surface area contributed by atoms with Crippen LogP contribution in [-0.2, 0) is 14.4 Å². The fourth-order valence-electron chi connectivity index (χ4n) is 4.62. The minimum Gasteiger partial charge on any atom is -0.357 e. The molecule has 178 valence electrons. The summed E-state index contributed by atoms with van der Waals surface area (Å²) in [5.74, 6) is -3.78. The summed E-state index contributed by atoms with van der Waals surface area (Å²) in [6, 6.07) is 8.54. The Morgan fingerprint density at radius 3 is 2.56 bits per heavy atom. The van der Waals surface area contributed by atoms with Crippen LogP contribution in [0.5, 0.6) is 0 Å². The fourth-order valence-corrected chi connectivity index (χ4v) is 4.62. The van der Waals surface area contributed by atoms with Crippen molar-refractivity contribution in [2.75, 3.05) is 18.5 Å². The minimum atomic E-state index is -1.24. The molecule has 2 atom stereocenters. The van der Waals surface area contributed by atoms with Crippen molar-refractivity contribution in [2.24, 2.45) is 0 Å². The quantitative estimate of drug-likeness (QED) is 0.677. The highest BCUT2D eigenvalue weighted by molar-refractivity contribution is 6.10. The number of nitrogens with zero attached hydrogens (tertiary/aromatic N) is 2. The van der Waals surface area contributed by atoms with Gasteiger partial charge in [-0.25, -0.2) is 8.78 Å². The Hall–Kier alpha value is -3.82. The van der Waals surface area contributed by atoms with Crippen LogP contribution in [0.25, 0.3) is 0 Å². The molecule has 1 saturated heterocycles. The Labute approximate surface area is 194 Å². The summed E-state index contributed by atoms with van der Waals surface area (Å²) in [4.78, 5) is 54.1. The van der Waals surface area contributed by atoms with Crippen LogP contribution in [0.1, 0.15) is 48.1 Å². The topological polar surface area (TPSA) is 98.8 Å². The van der Waals surface area contributed by atoms with Gasteiger partial charge >= 0.3 is 0 Å². The van der Waals surface area contributed by atoms with E-state index >= 15 is 0 Å². The molecule has 1 fully saturated rings. The molecule has 34 heavy (non-hydrogen) atoms. The van der Waals surface area contributed by atoms with E-state index in [9.17, 15) is 28.0 Å². The van der Waals surface area contributed by atoms with E-state index in [4.69, 9.17) is 0 Å². The van der Waals surface area contributed by atoms with Gasteiger partial charge in [0.2, 0.25) is 17.7 Å². The van der Waals surface area contributed by atoms with Crippen LogP contribution < -0.4 is 15.5 Å². The van der Waals surface area contributed by atoms with Gasteiger partial charge in [-0.05, 0) is 43.2 Å². The number of likely N-dealkylation sites (N-methyl/N-ethyl adjacent to an activating group) is 1. The number of carbonyl (C=O) groups is 4. The second-order valence-corrected chi connectivity index (χ2v) is 8.46. The Morgan fingerprint density at radius 2 is 1.85 bits per heavy atom. The molecule has 2 N–H and O–H groups in total. The van der Waals surface area contributed by atoms with Gasteiger partial charge < -0.3 is 15.5 Å². The molecule has 4 rings (SSSR count). The normalized spacial score (nSPS) is 20.0. The Bertz CT molecular complexity index is 1190. The predicted octanol–water partition coefficient (Wildman–Crippen LogP) is 2.26. The first-order valence-electron chi connectivity index (χ1n) is 10.9. The average Bonchev–Trinajstić information content (AvgIpc) is 3.13. The van der Waals surface area contributed by atoms with Crippen LogP contribution in [0.3, 0.4) is 0 Å². The molecule has 2 aromatic rings. The summed E-state index contributed by atoms with van der Waals surface area (Å²) < 4.78 is 27.0. The zero-order chi connectivity index (χ0) is 24.6. The number of nitrogens with one attached hydrogen (secondary N) is 2. The van der Waals surface area contributed by atoms with Crippen molar-refractivity contribution < 1.29 is 28.0 Å². The minimum absolute atomic E-state index is 0.00246. The van der Waals surface area contributed by atoms with Crippen LogP contribution >= 0.6 is 0 Å². The van der Waals surface area contributed by atoms with E-state index in [2.05, 4.69) is 10.6 Å². The number of fused-ring (bicyclic) bond motifs is 3. The predicted molar refractivity (Wildman–Crippen MR) is 119 cm³/mol. The van der Waals surface area contributed by atoms with Crippen molar-refractivity contribution in [1.29, 1.82) is 0 Å². The maximum atomic E-state index is 13.7. The van der Waals surface area contributed by atoms with E-state index in [1.54, 1.807) is 36.1 Å². The molecule has 0 aliphatic carbocycles. The van der Waals surface area contributed by atoms with Crippen molar-refractivity contribution in [2.45, 2.75) is 37.9 Å². The van der Waals surface area contributed by atoms with Crippen molar-refractivity contribution in [1.82, 2.24) is 15.5 Å². The van der Waals surface area contributed by atoms with E-state index < -0.39 is 35.2 Å². The molecular formula is C24H24F2N4O4. The lowest BCUT2D eigenvalue weighted by Crippen LogP contribution is -2.62. The van der Waals surface area contributed by atoms with Crippen molar-refractivity contribution >= 4 is 29.3 Å². The smallest absolute Gasteiger partial charge is 0.257 e. The van der Waals surface area contributed by atoms with Gasteiger partial charge in [0.05, 0.1) is 11.3 Å². The zero-order valence-electron chi connectivity index (χ0n) is 18.7. The summed E-state index contributed by atoms with van der Waals surface area (Å²) in [7, 11) is 1.36. The number of benzene rings is 2. The second kappa shape index (κ2) is 8.85. The highest BCUT2D eigenvalue weighted by Gasteiger charge is 2.52. The monoisotopic (exact) mass is 470 g/mol. The van der Waals surface area contributed by atoms with Crippen molar-refractivity contribution in [3.63, 3.8) is 0 Å². The van der Waals surface area contributed by atoms with Crippen LogP contribution in [-0.4, -0.2) is 47.8 Å². The number of anilines is 1. The first-order chi connectivity index (χ1) is 16.2. The number of amides is 4. The highest BCUT2D eigenvalue weighted by atomic mass is 19.2. The molecule has 0 aromatic heterocycles. The summed E-state index contributed by atoms with van der Waals surface area (Å²) in [5.41, 5.74) is 0.0919. The molecule has 0 bridgehead atoms. The van der Waals surface area contributed by atoms with Crippen molar-refractivity contribution in [3.05, 3.63) is 65.2 Å². The van der Waals surface area contributed by atoms with E-state index in [0.29, 0.717) is 17.7 Å². The summed E-state index contributed by atoms with van der Waals surface area (Å²) in [5, 5.41) is 4.92. The number of hydrogen-bond acceptors (Lipinski definition) is 4. The molecular weight excluding hydrogens is 446 g/mol. The molecule has 0 spiro atoms. The number of rotatable bonds is 6. The van der Waals surface area contributed by atoms with E-state index in [0.717, 1.165) is 12.1 Å². The molecule has 2 aliphatic heterocycles. The first kappa shape index (κ1) is 23.3. The summed E-state index contributed by atoms with van der Waals surface area (Å²) >= 11 is 0. The van der Waals surface area contributed by atoms with E-state index in [-0.39, 0.29) is 36.8 Å². The average molecular weight is 470 g/mol. The second-order valence-electron chi connectivity index (χ2n) is 8.46. The zero-order valence-corrected chi connectivity index (χ0v) is 18.7. The van der Waals surface area contributed by atoms with Gasteiger partial charge in [-0.3, -0.25) is 24.1 Å². The third-order valence-electron chi connectivity index (χ3n) is 6.40. The molecule has 0 saturated carbocycles. The van der Waals surface area contributed by atoms with Crippen LogP contribution in [0.2, 0.25) is 0 Å². The SMILES string of the molecule is CNC(=O)C(NC(=O)CCN1C(=O)c2ccccc2N2C(=O)CCC12C)c1ccc(F)c(F)c1. The number of carbonyl (C=O) groups excluding carboxylic acids is 4. The molecule has 8 nitrogen and oxygen atoms in total. The van der Waals surface area contributed by atoms with Crippen LogP contribution in [0, 0.1) is 11.6 Å². The number of halogens is 2. The lowest BCUT2D eigenvalue weighted by Gasteiger charge is -2.48. The Kier molecular flexibility index (Phi) is 6.07. The molecule has 2 unspecified atom stereocenters. The number of para-hydroxylation sites is 1. The molecule has 4 amide bonds. The fraction of sp³-hybridized carbons (Fsp3) is 0.333.